The maximum atomic E-state index is 15.2. The molecule has 0 bridgehead atoms. The third-order valence-corrected chi connectivity index (χ3v) is 9.90. The first-order valence-electron chi connectivity index (χ1n) is 13.5. The number of carbonyl (C=O) groups excluding carboxylic acids is 1. The van der Waals surface area contributed by atoms with Gasteiger partial charge in [-0.25, -0.2) is 26.6 Å². The molecule has 2 aromatic heterocycles. The Bertz CT molecular complexity index is 1540. The van der Waals surface area contributed by atoms with Crippen molar-refractivity contribution >= 4 is 21.4 Å². The van der Waals surface area contributed by atoms with E-state index in [1.165, 1.54) is 6.20 Å². The first kappa shape index (κ1) is 29.2. The van der Waals surface area contributed by atoms with Crippen LogP contribution < -0.4 is 11.1 Å². The van der Waals surface area contributed by atoms with Gasteiger partial charge in [-0.2, -0.15) is 0 Å². The highest BCUT2D eigenvalue weighted by atomic mass is 32.2. The van der Waals surface area contributed by atoms with Crippen LogP contribution in [0.25, 0.3) is 11.3 Å². The Labute approximate surface area is 236 Å². The normalized spacial score (nSPS) is 24.6. The van der Waals surface area contributed by atoms with Crippen LogP contribution in [0.1, 0.15) is 66.1 Å². The second-order valence-corrected chi connectivity index (χ2v) is 13.3. The predicted molar refractivity (Wildman–Crippen MR) is 147 cm³/mol. The van der Waals surface area contributed by atoms with Crippen molar-refractivity contribution in [3.8, 4) is 11.3 Å². The van der Waals surface area contributed by atoms with E-state index in [-0.39, 0.29) is 47.8 Å². The van der Waals surface area contributed by atoms with Crippen molar-refractivity contribution < 1.29 is 31.5 Å². The maximum Gasteiger partial charge on any atom is 0.274 e. The number of hydrogen-bond acceptors (Lipinski definition) is 7. The summed E-state index contributed by atoms with van der Waals surface area (Å²) in [6.45, 7) is 1.91. The SMILES string of the molecule is C[C@H]1C[C@@H](c2ccncc2NC(=O)c2ccc(F)c(-c3c(F)cc(C4CCS(=O)(=O)CC4)cc3F)n2)C[C@@H](N)[C@@H]1O. The number of carbonyl (C=O) groups is 1. The van der Waals surface area contributed by atoms with E-state index in [4.69, 9.17) is 5.73 Å². The summed E-state index contributed by atoms with van der Waals surface area (Å²) in [7, 11) is -3.16. The van der Waals surface area contributed by atoms with Crippen molar-refractivity contribution in [1.29, 1.82) is 0 Å². The highest BCUT2D eigenvalue weighted by Gasteiger charge is 2.34. The molecule has 1 saturated heterocycles. The van der Waals surface area contributed by atoms with Crippen LogP contribution in [0, 0.1) is 23.4 Å². The largest absolute Gasteiger partial charge is 0.391 e. The number of halogens is 3. The number of rotatable bonds is 5. The second kappa shape index (κ2) is 11.5. The number of pyridine rings is 2. The first-order valence-corrected chi connectivity index (χ1v) is 15.3. The molecule has 3 heterocycles. The number of aromatic nitrogens is 2. The summed E-state index contributed by atoms with van der Waals surface area (Å²) >= 11 is 0. The molecule has 218 valence electrons. The van der Waals surface area contributed by atoms with Crippen LogP contribution in [-0.4, -0.2) is 53.1 Å². The molecule has 4 N–H and O–H groups in total. The summed E-state index contributed by atoms with van der Waals surface area (Å²) in [6.07, 6.45) is 4.06. The Morgan fingerprint density at radius 1 is 1.02 bits per heavy atom. The molecular formula is C29H31F3N4O4S. The van der Waals surface area contributed by atoms with E-state index in [0.717, 1.165) is 29.8 Å². The topological polar surface area (TPSA) is 135 Å². The molecule has 0 unspecified atom stereocenters. The summed E-state index contributed by atoms with van der Waals surface area (Å²) in [4.78, 5) is 21.2. The molecule has 5 rings (SSSR count). The number of nitrogens with one attached hydrogen (secondary N) is 1. The van der Waals surface area contributed by atoms with E-state index >= 15 is 8.78 Å². The standard InChI is InChI=1S/C29H31F3N4O4S/c1-15-10-18(13-23(33)28(15)37)19-4-7-34-14-25(19)36-29(38)24-3-2-20(30)27(35-24)26-21(31)11-17(12-22(26)32)16-5-8-41(39,40)9-6-16/h2-4,7,11-12,14-16,18,23,28,37H,5-6,8-10,13,33H2,1H3,(H,36,38)/t15-,18+,23+,28+/m0/s1. The van der Waals surface area contributed by atoms with Crippen molar-refractivity contribution in [2.75, 3.05) is 16.8 Å². The van der Waals surface area contributed by atoms with Gasteiger partial charge in [0.15, 0.2) is 0 Å². The van der Waals surface area contributed by atoms with Gasteiger partial charge in [0.05, 0.1) is 35.1 Å². The van der Waals surface area contributed by atoms with E-state index in [1.54, 1.807) is 12.3 Å². The van der Waals surface area contributed by atoms with E-state index < -0.39 is 56.6 Å². The number of nitrogens with two attached hydrogens (primary N) is 1. The summed E-state index contributed by atoms with van der Waals surface area (Å²) in [5.74, 6) is -4.43. The molecule has 0 radical (unpaired) electrons. The van der Waals surface area contributed by atoms with Crippen LogP contribution >= 0.6 is 0 Å². The number of benzene rings is 1. The van der Waals surface area contributed by atoms with Crippen LogP contribution in [-0.2, 0) is 9.84 Å². The molecule has 1 aliphatic carbocycles. The summed E-state index contributed by atoms with van der Waals surface area (Å²) in [6, 6.07) is 5.52. The molecule has 3 aromatic rings. The summed E-state index contributed by atoms with van der Waals surface area (Å²) in [5, 5.41) is 13.0. The summed E-state index contributed by atoms with van der Waals surface area (Å²) < 4.78 is 68.7. The van der Waals surface area contributed by atoms with Crippen molar-refractivity contribution in [3.63, 3.8) is 0 Å². The summed E-state index contributed by atoms with van der Waals surface area (Å²) in [5.41, 5.74) is 5.95. The molecule has 4 atom stereocenters. The van der Waals surface area contributed by atoms with Gasteiger partial charge in [-0.05, 0) is 84.9 Å². The molecule has 41 heavy (non-hydrogen) atoms. The number of amides is 1. The maximum absolute atomic E-state index is 15.2. The second-order valence-electron chi connectivity index (χ2n) is 11.0. The van der Waals surface area contributed by atoms with Gasteiger partial charge >= 0.3 is 0 Å². The Morgan fingerprint density at radius 2 is 1.71 bits per heavy atom. The van der Waals surface area contributed by atoms with E-state index in [1.807, 2.05) is 6.92 Å². The zero-order valence-corrected chi connectivity index (χ0v) is 23.2. The number of aliphatic hydroxyl groups excluding tert-OH is 1. The van der Waals surface area contributed by atoms with Gasteiger partial charge in [0, 0.05) is 12.2 Å². The zero-order chi connectivity index (χ0) is 29.5. The van der Waals surface area contributed by atoms with E-state index in [9.17, 15) is 22.7 Å². The number of hydrogen-bond donors (Lipinski definition) is 3. The Kier molecular flexibility index (Phi) is 8.18. The van der Waals surface area contributed by atoms with E-state index in [0.29, 0.717) is 24.1 Å². The lowest BCUT2D eigenvalue weighted by Gasteiger charge is -2.36. The molecule has 8 nitrogen and oxygen atoms in total. The Hall–Kier alpha value is -3.35. The molecule has 2 fully saturated rings. The third-order valence-electron chi connectivity index (χ3n) is 8.18. The fraction of sp³-hybridized carbons (Fsp3) is 0.414. The molecule has 0 spiro atoms. The zero-order valence-electron chi connectivity index (χ0n) is 22.4. The monoisotopic (exact) mass is 588 g/mol. The number of anilines is 1. The molecule has 1 aliphatic heterocycles. The minimum Gasteiger partial charge on any atom is -0.391 e. The van der Waals surface area contributed by atoms with Crippen LogP contribution in [0.15, 0.2) is 42.7 Å². The van der Waals surface area contributed by atoms with Crippen molar-refractivity contribution in [1.82, 2.24) is 9.97 Å². The predicted octanol–water partition coefficient (Wildman–Crippen LogP) is 4.31. The fourth-order valence-electron chi connectivity index (χ4n) is 5.90. The van der Waals surface area contributed by atoms with Crippen molar-refractivity contribution in [2.45, 2.75) is 56.6 Å². The highest BCUT2D eigenvalue weighted by molar-refractivity contribution is 7.91. The fourth-order valence-corrected chi connectivity index (χ4v) is 7.39. The molecule has 1 amide bonds. The average molecular weight is 589 g/mol. The lowest BCUT2D eigenvalue weighted by atomic mass is 9.74. The smallest absolute Gasteiger partial charge is 0.274 e. The number of aliphatic hydroxyl groups is 1. The van der Waals surface area contributed by atoms with Crippen LogP contribution in [0.2, 0.25) is 0 Å². The van der Waals surface area contributed by atoms with Crippen LogP contribution in [0.4, 0.5) is 18.9 Å². The lowest BCUT2D eigenvalue weighted by molar-refractivity contribution is 0.0521. The highest BCUT2D eigenvalue weighted by Crippen LogP contribution is 2.39. The Morgan fingerprint density at radius 3 is 2.37 bits per heavy atom. The van der Waals surface area contributed by atoms with Gasteiger partial charge in [-0.1, -0.05) is 6.92 Å². The van der Waals surface area contributed by atoms with Crippen molar-refractivity contribution in [3.05, 3.63) is 77.0 Å². The van der Waals surface area contributed by atoms with E-state index in [2.05, 4.69) is 15.3 Å². The van der Waals surface area contributed by atoms with Gasteiger partial charge in [0.25, 0.3) is 5.91 Å². The lowest BCUT2D eigenvalue weighted by Crippen LogP contribution is -2.44. The Balaban J connectivity index is 1.40. The molecule has 1 aromatic carbocycles. The molecule has 1 saturated carbocycles. The van der Waals surface area contributed by atoms with Crippen molar-refractivity contribution in [2.24, 2.45) is 11.7 Å². The third kappa shape index (κ3) is 6.14. The van der Waals surface area contributed by atoms with Gasteiger partial charge in [-0.3, -0.25) is 9.78 Å². The van der Waals surface area contributed by atoms with Gasteiger partial charge in [0.2, 0.25) is 0 Å². The van der Waals surface area contributed by atoms with Crippen LogP contribution in [0.3, 0.4) is 0 Å². The van der Waals surface area contributed by atoms with Gasteiger partial charge in [-0.15, -0.1) is 0 Å². The number of sulfone groups is 1. The molecule has 2 aliphatic rings. The average Bonchev–Trinajstić information content (AvgIpc) is 2.92. The first-order chi connectivity index (χ1) is 19.4. The quantitative estimate of drug-likeness (QED) is 0.404. The number of nitrogens with zero attached hydrogens (tertiary/aromatic N) is 2. The van der Waals surface area contributed by atoms with Gasteiger partial charge < -0.3 is 16.2 Å². The minimum absolute atomic E-state index is 0.0515. The molecular weight excluding hydrogens is 557 g/mol. The van der Waals surface area contributed by atoms with Crippen LogP contribution in [0.5, 0.6) is 0 Å². The minimum atomic E-state index is -3.16. The van der Waals surface area contributed by atoms with Gasteiger partial charge in [0.1, 0.15) is 38.7 Å². The molecule has 12 heteroatoms.